The Balaban J connectivity index is 0.953. The quantitative estimate of drug-likeness (QED) is 0.0225. The minimum absolute atomic E-state index is 0.00177. The summed E-state index contributed by atoms with van der Waals surface area (Å²) < 4.78 is 160. The standard InChI is InChI=1S/C55H89F6N9O24/c56-54(57,58)42-25-62-27-44(69-42)67-38-31-93-40(52(78)50(38)76)33-89-21-17-84-15-13-82-11-9-80-7-3-64-46(71)1-5-87-29-37(66-48(73)35-91-23-19-86-20-24-92-36-49(74)75)30-88-6-2-47(72)65-4-8-81-10-12-83-14-16-85-18-22-90-34-41-53(79)51(77)39(32-94-41)68-45-28-63-26-43(70-45)55(59,60)61/h25,27-28,37-41,43,50-53,76-79H,1-24,26,29-36H2,(H,64,71)(H,65,72)(H,66,73)(H,67,69)(H,68,70)(H,74,75)/t37?,38-,39-,40?,41?,43?,50+,51+,52-,53-/m0/s1. The molecule has 33 nitrogen and oxygen atoms in total. The van der Waals surface area contributed by atoms with E-state index in [1.165, 1.54) is 0 Å². The number of aliphatic hydroxyl groups excluding tert-OH is 4. The average molecular weight is 1370 g/mol. The number of rotatable bonds is 52. The molecule has 540 valence electrons. The van der Waals surface area contributed by atoms with Crippen LogP contribution in [0.25, 0.3) is 0 Å². The molecule has 4 unspecified atom stereocenters. The molecular formula is C55H89F6N9O24. The molecular weight excluding hydrogens is 1280 g/mol. The van der Waals surface area contributed by atoms with Gasteiger partial charge in [0.2, 0.25) is 17.7 Å². The molecule has 0 saturated carbocycles. The third kappa shape index (κ3) is 36.2. The normalized spacial score (nSPS) is 21.9. The first-order valence-corrected chi connectivity index (χ1v) is 30.3. The largest absolute Gasteiger partial charge is 0.480 e. The Morgan fingerprint density at radius 3 is 1.43 bits per heavy atom. The van der Waals surface area contributed by atoms with Gasteiger partial charge in [-0.2, -0.15) is 26.3 Å². The van der Waals surface area contributed by atoms with Gasteiger partial charge in [-0.15, -0.1) is 0 Å². The third-order valence-electron chi connectivity index (χ3n) is 13.1. The summed E-state index contributed by atoms with van der Waals surface area (Å²) in [5.74, 6) is -2.64. The Kier molecular flexibility index (Phi) is 41.1. The van der Waals surface area contributed by atoms with Crippen LogP contribution in [-0.4, -0.2) is 343 Å². The Morgan fingerprint density at radius 1 is 0.532 bits per heavy atom. The summed E-state index contributed by atoms with van der Waals surface area (Å²) in [6, 6.07) is -4.57. The van der Waals surface area contributed by atoms with Crippen molar-refractivity contribution in [3.05, 3.63) is 18.1 Å². The number of aliphatic hydroxyl groups is 4. The second-order valence-corrected chi connectivity index (χ2v) is 20.6. The van der Waals surface area contributed by atoms with Crippen LogP contribution in [0, 0.1) is 0 Å². The highest BCUT2D eigenvalue weighted by Crippen LogP contribution is 2.28. The van der Waals surface area contributed by atoms with Crippen LogP contribution in [0.3, 0.4) is 0 Å². The fraction of sp³-hybridized carbons (Fsp3) is 0.818. The Labute approximate surface area is 537 Å². The van der Waals surface area contributed by atoms with E-state index in [0.29, 0.717) is 6.20 Å². The van der Waals surface area contributed by atoms with Gasteiger partial charge in [0.15, 0.2) is 11.7 Å². The van der Waals surface area contributed by atoms with Crippen molar-refractivity contribution in [1.29, 1.82) is 0 Å². The lowest BCUT2D eigenvalue weighted by Gasteiger charge is -2.38. The molecule has 0 spiro atoms. The number of aromatic nitrogens is 2. The van der Waals surface area contributed by atoms with Crippen molar-refractivity contribution in [3.63, 3.8) is 0 Å². The van der Waals surface area contributed by atoms with E-state index in [0.717, 1.165) is 12.4 Å². The molecule has 4 heterocycles. The molecule has 3 amide bonds. The molecule has 39 heteroatoms. The topological polar surface area (TPSA) is 419 Å². The van der Waals surface area contributed by atoms with Gasteiger partial charge in [0.05, 0.1) is 215 Å². The lowest BCUT2D eigenvalue weighted by atomic mass is 9.98. The van der Waals surface area contributed by atoms with Crippen LogP contribution in [0.15, 0.2) is 22.4 Å². The van der Waals surface area contributed by atoms with Gasteiger partial charge in [0, 0.05) is 25.9 Å². The van der Waals surface area contributed by atoms with Gasteiger partial charge in [0.25, 0.3) is 0 Å². The van der Waals surface area contributed by atoms with Gasteiger partial charge in [-0.05, 0) is 0 Å². The number of amidine groups is 1. The molecule has 0 aromatic carbocycles. The van der Waals surface area contributed by atoms with E-state index in [-0.39, 0.29) is 228 Å². The van der Waals surface area contributed by atoms with Gasteiger partial charge >= 0.3 is 18.3 Å². The summed E-state index contributed by atoms with van der Waals surface area (Å²) in [5.41, 5.74) is -1.21. The zero-order valence-corrected chi connectivity index (χ0v) is 51.9. The number of hydrogen-bond donors (Lipinski definition) is 10. The third-order valence-corrected chi connectivity index (χ3v) is 13.1. The van der Waals surface area contributed by atoms with Gasteiger partial charge < -0.3 is 123 Å². The molecule has 0 radical (unpaired) electrons. The van der Waals surface area contributed by atoms with Crippen LogP contribution in [0.2, 0.25) is 0 Å². The monoisotopic (exact) mass is 1370 g/mol. The van der Waals surface area contributed by atoms with Crippen molar-refractivity contribution in [2.45, 2.75) is 86.0 Å². The summed E-state index contributed by atoms with van der Waals surface area (Å²) in [6.07, 6.45) is -13.9. The van der Waals surface area contributed by atoms with Crippen LogP contribution in [-0.2, 0) is 96.4 Å². The first kappa shape index (κ1) is 81.2. The van der Waals surface area contributed by atoms with Crippen molar-refractivity contribution in [1.82, 2.24) is 31.2 Å². The number of carbonyl (C=O) groups is 4. The number of aliphatic imine (C=N–C) groups is 2. The van der Waals surface area contributed by atoms with Crippen molar-refractivity contribution in [3.8, 4) is 0 Å². The predicted octanol–water partition coefficient (Wildman–Crippen LogP) is -3.31. The van der Waals surface area contributed by atoms with E-state index in [9.17, 15) is 65.9 Å². The molecule has 2 saturated heterocycles. The number of ether oxygens (including phenoxy) is 15. The van der Waals surface area contributed by atoms with Crippen molar-refractivity contribution >= 4 is 41.6 Å². The number of halogens is 6. The fourth-order valence-corrected chi connectivity index (χ4v) is 8.26. The smallest absolute Gasteiger partial charge is 0.434 e. The highest BCUT2D eigenvalue weighted by atomic mass is 19.4. The lowest BCUT2D eigenvalue weighted by Crippen LogP contribution is -2.60. The van der Waals surface area contributed by atoms with Crippen LogP contribution in [0.4, 0.5) is 32.2 Å². The summed E-state index contributed by atoms with van der Waals surface area (Å²) in [4.78, 5) is 62.3. The lowest BCUT2D eigenvalue weighted by molar-refractivity contribution is -0.167. The van der Waals surface area contributed by atoms with Crippen molar-refractivity contribution < 1.29 is 142 Å². The number of aliphatic carboxylic acids is 1. The van der Waals surface area contributed by atoms with Crippen LogP contribution in [0.1, 0.15) is 18.5 Å². The summed E-state index contributed by atoms with van der Waals surface area (Å²) in [5, 5.41) is 64.1. The zero-order valence-electron chi connectivity index (χ0n) is 51.9. The van der Waals surface area contributed by atoms with Crippen molar-refractivity contribution in [2.24, 2.45) is 9.98 Å². The number of amides is 3. The van der Waals surface area contributed by atoms with Crippen LogP contribution >= 0.6 is 0 Å². The van der Waals surface area contributed by atoms with Crippen molar-refractivity contribution in [2.75, 3.05) is 210 Å². The maximum Gasteiger partial charge on any atom is 0.434 e. The molecule has 0 aliphatic carbocycles. The SMILES string of the molecule is O=C(O)COCCOCCOCC(=O)NC(COCCC(=O)NCCOCCOCCOCCOCC1OC[C@H](NC2=NC(C(F)(F)F)CN=C2)[C@@H](O)[C@H]1O)COCCC(=O)NCCOCCOCCOCCOCC1OC[C@H](Nc2cncc(C(F)(F)F)n2)[C@@H](O)[C@H]1O. The van der Waals surface area contributed by atoms with E-state index in [1.54, 1.807) is 0 Å². The predicted molar refractivity (Wildman–Crippen MR) is 311 cm³/mol. The molecule has 3 aliphatic heterocycles. The Morgan fingerprint density at radius 2 is 0.968 bits per heavy atom. The van der Waals surface area contributed by atoms with E-state index < -0.39 is 104 Å². The number of nitrogens with one attached hydrogen (secondary N) is 5. The number of alkyl halides is 6. The molecule has 1 aromatic rings. The van der Waals surface area contributed by atoms with E-state index in [4.69, 9.17) is 76.2 Å². The number of carboxylic acids is 1. The average Bonchev–Trinajstić information content (AvgIpc) is 0.875. The van der Waals surface area contributed by atoms with E-state index >= 15 is 0 Å². The van der Waals surface area contributed by atoms with Gasteiger partial charge in [-0.3, -0.25) is 29.4 Å². The van der Waals surface area contributed by atoms with E-state index in [2.05, 4.69) is 46.5 Å². The van der Waals surface area contributed by atoms with Gasteiger partial charge in [0.1, 0.15) is 61.5 Å². The van der Waals surface area contributed by atoms with Gasteiger partial charge in [-0.25, -0.2) is 9.78 Å². The Bertz CT molecular complexity index is 2320. The second kappa shape index (κ2) is 47.6. The second-order valence-electron chi connectivity index (χ2n) is 20.6. The van der Waals surface area contributed by atoms with Crippen LogP contribution in [0.5, 0.6) is 0 Å². The highest BCUT2D eigenvalue weighted by Gasteiger charge is 2.43. The molecule has 4 rings (SSSR count). The fourth-order valence-electron chi connectivity index (χ4n) is 8.26. The first-order chi connectivity index (χ1) is 45.2. The summed E-state index contributed by atoms with van der Waals surface area (Å²) >= 11 is 0. The highest BCUT2D eigenvalue weighted by molar-refractivity contribution is 6.30. The molecule has 2 fully saturated rings. The number of carboxylic acid groups (broad SMARTS) is 1. The Hall–Kier alpha value is -5.28. The number of carbonyl (C=O) groups excluding carboxylic acids is 3. The maximum atomic E-state index is 13.0. The summed E-state index contributed by atoms with van der Waals surface area (Å²) in [6.45, 7) is 2.06. The van der Waals surface area contributed by atoms with Gasteiger partial charge in [-0.1, -0.05) is 0 Å². The minimum atomic E-state index is -4.71. The molecule has 0 bridgehead atoms. The first-order valence-electron chi connectivity index (χ1n) is 30.3. The minimum Gasteiger partial charge on any atom is -0.480 e. The number of nitrogens with zero attached hydrogens (tertiary/aromatic N) is 4. The molecule has 10 atom stereocenters. The maximum absolute atomic E-state index is 13.0. The molecule has 3 aliphatic rings. The molecule has 1 aromatic heterocycles. The number of anilines is 1. The zero-order chi connectivity index (χ0) is 68.2. The van der Waals surface area contributed by atoms with Crippen LogP contribution < -0.4 is 26.6 Å². The van der Waals surface area contributed by atoms with E-state index in [1.807, 2.05) is 0 Å². The molecule has 94 heavy (non-hydrogen) atoms. The number of hydrogen-bond acceptors (Lipinski definition) is 29. The summed E-state index contributed by atoms with van der Waals surface area (Å²) in [7, 11) is 0. The molecule has 10 N–H and O–H groups in total.